The van der Waals surface area contributed by atoms with Crippen LogP contribution in [0.2, 0.25) is 0 Å². The van der Waals surface area contributed by atoms with E-state index in [9.17, 15) is 10.1 Å². The van der Waals surface area contributed by atoms with E-state index in [4.69, 9.17) is 11.0 Å². The zero-order valence-corrected chi connectivity index (χ0v) is 10.7. The lowest BCUT2D eigenvalue weighted by molar-refractivity contribution is -0.384. The molecule has 2 unspecified atom stereocenters. The Morgan fingerprint density at radius 1 is 1.63 bits per heavy atom. The summed E-state index contributed by atoms with van der Waals surface area (Å²) >= 11 is 0. The molecule has 0 aliphatic carbocycles. The van der Waals surface area contributed by atoms with Gasteiger partial charge in [-0.25, -0.2) is 0 Å². The van der Waals surface area contributed by atoms with E-state index < -0.39 is 4.92 Å². The van der Waals surface area contributed by atoms with Crippen LogP contribution in [0.4, 0.5) is 11.4 Å². The van der Waals surface area contributed by atoms with E-state index in [1.54, 1.807) is 12.1 Å². The van der Waals surface area contributed by atoms with Crippen molar-refractivity contribution < 1.29 is 4.92 Å². The van der Waals surface area contributed by atoms with Crippen LogP contribution < -0.4 is 10.6 Å². The quantitative estimate of drug-likeness (QED) is 0.658. The second-order valence-electron chi connectivity index (χ2n) is 4.93. The minimum atomic E-state index is -0.435. The maximum Gasteiger partial charge on any atom is 0.293 e. The zero-order chi connectivity index (χ0) is 14.0. The molecule has 100 valence electrons. The highest BCUT2D eigenvalue weighted by atomic mass is 16.6. The molecular formula is C13H16N4O2. The van der Waals surface area contributed by atoms with Crippen LogP contribution in [0.25, 0.3) is 0 Å². The molecule has 0 radical (unpaired) electrons. The van der Waals surface area contributed by atoms with E-state index in [2.05, 4.69) is 0 Å². The highest BCUT2D eigenvalue weighted by molar-refractivity contribution is 5.66. The van der Waals surface area contributed by atoms with Gasteiger partial charge in [0.15, 0.2) is 0 Å². The first-order chi connectivity index (χ1) is 9.02. The van der Waals surface area contributed by atoms with Gasteiger partial charge in [0.25, 0.3) is 5.69 Å². The molecule has 1 fully saturated rings. The number of anilines is 1. The van der Waals surface area contributed by atoms with Crippen LogP contribution in [0.5, 0.6) is 0 Å². The minimum Gasteiger partial charge on any atom is -0.366 e. The first-order valence-corrected chi connectivity index (χ1v) is 6.22. The summed E-state index contributed by atoms with van der Waals surface area (Å²) in [6.07, 6.45) is 0.939. The smallest absolute Gasteiger partial charge is 0.293 e. The summed E-state index contributed by atoms with van der Waals surface area (Å²) in [6.45, 7) is 3.45. The topological polar surface area (TPSA) is 96.2 Å². The van der Waals surface area contributed by atoms with E-state index in [0.29, 0.717) is 17.2 Å². The minimum absolute atomic E-state index is 0.00984. The van der Waals surface area contributed by atoms with Crippen molar-refractivity contribution in [1.29, 1.82) is 5.26 Å². The second-order valence-corrected chi connectivity index (χ2v) is 4.93. The van der Waals surface area contributed by atoms with Crippen molar-refractivity contribution in [2.45, 2.75) is 19.4 Å². The Hall–Kier alpha value is -2.13. The summed E-state index contributed by atoms with van der Waals surface area (Å²) in [7, 11) is 0. The third-order valence-corrected chi connectivity index (χ3v) is 3.61. The number of nitrogens with two attached hydrogens (primary N) is 1. The van der Waals surface area contributed by atoms with Gasteiger partial charge in [0.2, 0.25) is 0 Å². The number of hydrogen-bond acceptors (Lipinski definition) is 5. The Balaban J connectivity index is 2.31. The normalized spacial score (nSPS) is 20.1. The van der Waals surface area contributed by atoms with Crippen molar-refractivity contribution in [3.63, 3.8) is 0 Å². The third-order valence-electron chi connectivity index (χ3n) is 3.61. The van der Waals surface area contributed by atoms with Gasteiger partial charge in [-0.1, -0.05) is 0 Å². The van der Waals surface area contributed by atoms with Crippen molar-refractivity contribution >= 4 is 11.4 Å². The SMILES string of the molecule is CC(N)C1CCN(c2ccc(C#N)cc2[N+](=O)[O-])C1. The van der Waals surface area contributed by atoms with Gasteiger partial charge in [-0.15, -0.1) is 0 Å². The predicted octanol–water partition coefficient (Wildman–Crippen LogP) is 1.64. The molecule has 2 N–H and O–H groups in total. The Labute approximate surface area is 111 Å². The standard InChI is InChI=1S/C13H16N4O2/c1-9(15)11-4-5-16(8-11)12-3-2-10(7-14)6-13(12)17(18)19/h2-3,6,9,11H,4-5,8,15H2,1H3. The maximum absolute atomic E-state index is 11.1. The van der Waals surface area contributed by atoms with Crippen molar-refractivity contribution in [3.05, 3.63) is 33.9 Å². The van der Waals surface area contributed by atoms with Crippen molar-refractivity contribution in [1.82, 2.24) is 0 Å². The van der Waals surface area contributed by atoms with E-state index in [-0.39, 0.29) is 11.7 Å². The third kappa shape index (κ3) is 2.66. The van der Waals surface area contributed by atoms with Gasteiger partial charge in [-0.05, 0) is 31.4 Å². The van der Waals surface area contributed by atoms with Gasteiger partial charge >= 0.3 is 0 Å². The molecule has 0 aromatic heterocycles. The summed E-state index contributed by atoms with van der Waals surface area (Å²) in [5, 5.41) is 19.9. The fraction of sp³-hybridized carbons (Fsp3) is 0.462. The van der Waals surface area contributed by atoms with Gasteiger partial charge in [0.05, 0.1) is 16.6 Å². The Bertz CT molecular complexity index is 536. The van der Waals surface area contributed by atoms with Gasteiger partial charge in [-0.3, -0.25) is 10.1 Å². The summed E-state index contributed by atoms with van der Waals surface area (Å²) in [5.41, 5.74) is 6.75. The van der Waals surface area contributed by atoms with Crippen LogP contribution in [-0.2, 0) is 0 Å². The molecule has 1 aliphatic rings. The lowest BCUT2D eigenvalue weighted by Gasteiger charge is -2.19. The van der Waals surface area contributed by atoms with E-state index in [1.807, 2.05) is 17.9 Å². The molecule has 1 aromatic rings. The molecule has 2 rings (SSSR count). The first-order valence-electron chi connectivity index (χ1n) is 6.22. The number of hydrogen-bond donors (Lipinski definition) is 1. The molecule has 0 spiro atoms. The largest absolute Gasteiger partial charge is 0.366 e. The molecule has 1 saturated heterocycles. The molecule has 6 nitrogen and oxygen atoms in total. The summed E-state index contributed by atoms with van der Waals surface area (Å²) in [4.78, 5) is 12.7. The summed E-state index contributed by atoms with van der Waals surface area (Å²) < 4.78 is 0. The fourth-order valence-electron chi connectivity index (χ4n) is 2.44. The zero-order valence-electron chi connectivity index (χ0n) is 10.7. The van der Waals surface area contributed by atoms with Crippen LogP contribution in [0.15, 0.2) is 18.2 Å². The maximum atomic E-state index is 11.1. The lowest BCUT2D eigenvalue weighted by atomic mass is 10.0. The van der Waals surface area contributed by atoms with Gasteiger partial charge < -0.3 is 10.6 Å². The van der Waals surface area contributed by atoms with Crippen LogP contribution >= 0.6 is 0 Å². The van der Waals surface area contributed by atoms with Crippen molar-refractivity contribution in [2.24, 2.45) is 11.7 Å². The first kappa shape index (κ1) is 13.3. The molecule has 19 heavy (non-hydrogen) atoms. The van der Waals surface area contributed by atoms with Crippen LogP contribution in [0.3, 0.4) is 0 Å². The molecule has 0 saturated carbocycles. The van der Waals surface area contributed by atoms with Crippen molar-refractivity contribution in [3.8, 4) is 6.07 Å². The highest BCUT2D eigenvalue weighted by Gasteiger charge is 2.29. The molecule has 0 amide bonds. The number of rotatable bonds is 3. The van der Waals surface area contributed by atoms with Gasteiger partial charge in [0, 0.05) is 25.2 Å². The number of nitrogens with zero attached hydrogens (tertiary/aromatic N) is 3. The molecular weight excluding hydrogens is 244 g/mol. The molecule has 1 heterocycles. The number of nitro groups is 1. The van der Waals surface area contributed by atoms with E-state index in [1.165, 1.54) is 6.07 Å². The van der Waals surface area contributed by atoms with Crippen molar-refractivity contribution in [2.75, 3.05) is 18.0 Å². The Morgan fingerprint density at radius 3 is 2.89 bits per heavy atom. The van der Waals surface area contributed by atoms with E-state index >= 15 is 0 Å². The number of nitriles is 1. The Morgan fingerprint density at radius 2 is 2.37 bits per heavy atom. The Kier molecular flexibility index (Phi) is 3.67. The van der Waals surface area contributed by atoms with Gasteiger partial charge in [0.1, 0.15) is 5.69 Å². The molecule has 2 atom stereocenters. The van der Waals surface area contributed by atoms with Crippen LogP contribution in [0, 0.1) is 27.4 Å². The van der Waals surface area contributed by atoms with Crippen LogP contribution in [0.1, 0.15) is 18.9 Å². The average Bonchev–Trinajstić information content (AvgIpc) is 2.87. The molecule has 6 heteroatoms. The molecule has 1 aromatic carbocycles. The fourth-order valence-corrected chi connectivity index (χ4v) is 2.44. The average molecular weight is 260 g/mol. The second kappa shape index (κ2) is 5.24. The molecule has 0 bridgehead atoms. The predicted molar refractivity (Wildman–Crippen MR) is 71.8 cm³/mol. The van der Waals surface area contributed by atoms with Crippen LogP contribution in [-0.4, -0.2) is 24.1 Å². The monoisotopic (exact) mass is 260 g/mol. The molecule has 1 aliphatic heterocycles. The van der Waals surface area contributed by atoms with E-state index in [0.717, 1.165) is 19.5 Å². The lowest BCUT2D eigenvalue weighted by Crippen LogP contribution is -2.29. The highest BCUT2D eigenvalue weighted by Crippen LogP contribution is 2.33. The summed E-state index contributed by atoms with van der Waals surface area (Å²) in [5.74, 6) is 0.357. The summed E-state index contributed by atoms with van der Waals surface area (Å²) in [6, 6.07) is 6.60. The number of nitro benzene ring substituents is 1. The van der Waals surface area contributed by atoms with Gasteiger partial charge in [-0.2, -0.15) is 5.26 Å². The number of benzene rings is 1.